The highest BCUT2D eigenvalue weighted by Gasteiger charge is 2.22. The van der Waals surface area contributed by atoms with Crippen LogP contribution in [0.25, 0.3) is 0 Å². The van der Waals surface area contributed by atoms with E-state index in [1.54, 1.807) is 0 Å². The van der Waals surface area contributed by atoms with Gasteiger partial charge in [-0.2, -0.15) is 5.10 Å². The summed E-state index contributed by atoms with van der Waals surface area (Å²) in [5, 5.41) is 8.90. The number of carbonyl (C=O) groups is 2. The molecular formula is C8H10N4O2. The van der Waals surface area contributed by atoms with Crippen LogP contribution < -0.4 is 5.32 Å². The molecule has 2 heterocycles. The van der Waals surface area contributed by atoms with E-state index in [4.69, 9.17) is 0 Å². The van der Waals surface area contributed by atoms with Gasteiger partial charge in [-0.1, -0.05) is 0 Å². The fraction of sp³-hybridized carbons (Fsp3) is 0.375. The molecule has 0 aliphatic carbocycles. The van der Waals surface area contributed by atoms with Crippen LogP contribution in [0.3, 0.4) is 0 Å². The maximum atomic E-state index is 11.7. The van der Waals surface area contributed by atoms with Crippen LogP contribution in [-0.2, 0) is 4.79 Å². The summed E-state index contributed by atoms with van der Waals surface area (Å²) in [6, 6.07) is 0. The lowest BCUT2D eigenvalue weighted by molar-refractivity contribution is -0.123. The van der Waals surface area contributed by atoms with E-state index in [1.807, 2.05) is 0 Å². The van der Waals surface area contributed by atoms with Crippen molar-refractivity contribution in [3.63, 3.8) is 0 Å². The maximum absolute atomic E-state index is 11.7. The van der Waals surface area contributed by atoms with Gasteiger partial charge in [0.05, 0.1) is 18.3 Å². The molecule has 14 heavy (non-hydrogen) atoms. The van der Waals surface area contributed by atoms with Crippen LogP contribution in [0.15, 0.2) is 12.4 Å². The molecule has 0 spiro atoms. The number of piperazine rings is 1. The molecule has 1 aromatic heterocycles. The fourth-order valence-corrected chi connectivity index (χ4v) is 1.36. The summed E-state index contributed by atoms with van der Waals surface area (Å²) in [6.45, 7) is 1.20. The van der Waals surface area contributed by atoms with E-state index in [9.17, 15) is 9.59 Å². The normalized spacial score (nSPS) is 16.6. The quantitative estimate of drug-likeness (QED) is 0.600. The Hall–Kier alpha value is -1.85. The molecule has 1 fully saturated rings. The van der Waals surface area contributed by atoms with Crippen molar-refractivity contribution in [3.05, 3.63) is 18.0 Å². The SMILES string of the molecule is O=C1CN(C(=O)c2cn[nH]c2)CCN1. The van der Waals surface area contributed by atoms with Crippen molar-refractivity contribution in [2.45, 2.75) is 0 Å². The molecule has 0 bridgehead atoms. The van der Waals surface area contributed by atoms with E-state index >= 15 is 0 Å². The van der Waals surface area contributed by atoms with Gasteiger partial charge in [0.1, 0.15) is 0 Å². The monoisotopic (exact) mass is 194 g/mol. The van der Waals surface area contributed by atoms with Crippen LogP contribution in [0.4, 0.5) is 0 Å². The second-order valence-corrected chi connectivity index (χ2v) is 3.06. The van der Waals surface area contributed by atoms with Gasteiger partial charge in [-0.3, -0.25) is 14.7 Å². The van der Waals surface area contributed by atoms with Crippen LogP contribution >= 0.6 is 0 Å². The van der Waals surface area contributed by atoms with Crippen molar-refractivity contribution in [2.75, 3.05) is 19.6 Å². The zero-order chi connectivity index (χ0) is 9.97. The molecule has 2 rings (SSSR count). The van der Waals surface area contributed by atoms with Crippen LogP contribution in [0.5, 0.6) is 0 Å². The van der Waals surface area contributed by atoms with Crippen molar-refractivity contribution in [2.24, 2.45) is 0 Å². The lowest BCUT2D eigenvalue weighted by atomic mass is 10.2. The Bertz CT molecular complexity index is 346. The van der Waals surface area contributed by atoms with Crippen LogP contribution in [0, 0.1) is 0 Å². The molecule has 0 unspecified atom stereocenters. The van der Waals surface area contributed by atoms with E-state index in [0.29, 0.717) is 18.7 Å². The maximum Gasteiger partial charge on any atom is 0.257 e. The van der Waals surface area contributed by atoms with Crippen molar-refractivity contribution in [1.29, 1.82) is 0 Å². The molecule has 0 radical (unpaired) electrons. The number of amides is 2. The van der Waals surface area contributed by atoms with Gasteiger partial charge in [0.15, 0.2) is 0 Å². The highest BCUT2D eigenvalue weighted by atomic mass is 16.2. The van der Waals surface area contributed by atoms with Gasteiger partial charge in [0.25, 0.3) is 5.91 Å². The number of nitrogens with zero attached hydrogens (tertiary/aromatic N) is 2. The highest BCUT2D eigenvalue weighted by Crippen LogP contribution is 2.03. The molecule has 1 aromatic rings. The molecule has 0 aromatic carbocycles. The molecule has 2 amide bonds. The van der Waals surface area contributed by atoms with Gasteiger partial charge in [-0.05, 0) is 0 Å². The largest absolute Gasteiger partial charge is 0.353 e. The molecular weight excluding hydrogens is 184 g/mol. The standard InChI is InChI=1S/C8H10N4O2/c13-7-5-12(2-1-9-7)8(14)6-3-10-11-4-6/h3-4H,1-2,5H2,(H,9,13)(H,10,11). The zero-order valence-electron chi connectivity index (χ0n) is 7.49. The lowest BCUT2D eigenvalue weighted by Gasteiger charge is -2.26. The number of hydrogen-bond donors (Lipinski definition) is 2. The number of aromatic amines is 1. The molecule has 1 aliphatic rings. The van der Waals surface area contributed by atoms with Gasteiger partial charge < -0.3 is 10.2 Å². The number of rotatable bonds is 1. The van der Waals surface area contributed by atoms with Gasteiger partial charge in [-0.15, -0.1) is 0 Å². The van der Waals surface area contributed by atoms with Crippen LogP contribution in [-0.4, -0.2) is 46.5 Å². The first kappa shape index (κ1) is 8.74. The van der Waals surface area contributed by atoms with E-state index in [-0.39, 0.29) is 18.4 Å². The van der Waals surface area contributed by atoms with Gasteiger partial charge in [-0.25, -0.2) is 0 Å². The molecule has 6 nitrogen and oxygen atoms in total. The Morgan fingerprint density at radius 3 is 3.07 bits per heavy atom. The fourth-order valence-electron chi connectivity index (χ4n) is 1.36. The molecule has 6 heteroatoms. The summed E-state index contributed by atoms with van der Waals surface area (Å²) in [6.07, 6.45) is 2.98. The summed E-state index contributed by atoms with van der Waals surface area (Å²) in [4.78, 5) is 24.2. The Kier molecular flexibility index (Phi) is 2.18. The molecule has 2 N–H and O–H groups in total. The third-order valence-corrected chi connectivity index (χ3v) is 2.07. The number of aromatic nitrogens is 2. The van der Waals surface area contributed by atoms with Crippen molar-refractivity contribution >= 4 is 11.8 Å². The van der Waals surface area contributed by atoms with E-state index < -0.39 is 0 Å². The summed E-state index contributed by atoms with van der Waals surface area (Å²) >= 11 is 0. The van der Waals surface area contributed by atoms with Crippen LogP contribution in [0.2, 0.25) is 0 Å². The van der Waals surface area contributed by atoms with Gasteiger partial charge >= 0.3 is 0 Å². The second-order valence-electron chi connectivity index (χ2n) is 3.06. The summed E-state index contributed by atoms with van der Waals surface area (Å²) in [5.74, 6) is -0.276. The first-order valence-electron chi connectivity index (χ1n) is 4.32. The minimum atomic E-state index is -0.159. The van der Waals surface area contributed by atoms with E-state index in [0.717, 1.165) is 0 Å². The first-order chi connectivity index (χ1) is 6.77. The summed E-state index contributed by atoms with van der Waals surface area (Å²) in [5.41, 5.74) is 0.486. The van der Waals surface area contributed by atoms with Gasteiger partial charge in [0.2, 0.25) is 5.91 Å². The Balaban J connectivity index is 2.08. The number of carbonyl (C=O) groups excluding carboxylic acids is 2. The van der Waals surface area contributed by atoms with Crippen molar-refractivity contribution in [1.82, 2.24) is 20.4 Å². The van der Waals surface area contributed by atoms with Gasteiger partial charge in [0, 0.05) is 19.3 Å². The second kappa shape index (κ2) is 3.49. The van der Waals surface area contributed by atoms with Crippen molar-refractivity contribution in [3.8, 4) is 0 Å². The Labute approximate surface area is 80.3 Å². The minimum absolute atomic E-state index is 0.118. The molecule has 0 atom stereocenters. The van der Waals surface area contributed by atoms with Crippen molar-refractivity contribution < 1.29 is 9.59 Å². The Morgan fingerprint density at radius 2 is 2.43 bits per heavy atom. The number of nitrogens with one attached hydrogen (secondary N) is 2. The number of H-pyrrole nitrogens is 1. The highest BCUT2D eigenvalue weighted by molar-refractivity contribution is 5.96. The molecule has 0 saturated carbocycles. The predicted molar refractivity (Wildman–Crippen MR) is 47.5 cm³/mol. The summed E-state index contributed by atoms with van der Waals surface area (Å²) < 4.78 is 0. The molecule has 74 valence electrons. The average molecular weight is 194 g/mol. The van der Waals surface area contributed by atoms with Crippen LogP contribution in [0.1, 0.15) is 10.4 Å². The molecule has 1 aliphatic heterocycles. The van der Waals surface area contributed by atoms with E-state index in [1.165, 1.54) is 17.3 Å². The first-order valence-corrected chi connectivity index (χ1v) is 4.32. The topological polar surface area (TPSA) is 78.1 Å². The third-order valence-electron chi connectivity index (χ3n) is 2.07. The smallest absolute Gasteiger partial charge is 0.257 e. The molecule has 1 saturated heterocycles. The zero-order valence-corrected chi connectivity index (χ0v) is 7.49. The predicted octanol–water partition coefficient (Wildman–Crippen LogP) is -1.02. The number of hydrogen-bond acceptors (Lipinski definition) is 3. The Morgan fingerprint density at radius 1 is 1.57 bits per heavy atom. The minimum Gasteiger partial charge on any atom is -0.353 e. The average Bonchev–Trinajstić information content (AvgIpc) is 2.69. The van der Waals surface area contributed by atoms with E-state index in [2.05, 4.69) is 15.5 Å². The lowest BCUT2D eigenvalue weighted by Crippen LogP contribution is -2.49. The third kappa shape index (κ3) is 1.59. The summed E-state index contributed by atoms with van der Waals surface area (Å²) in [7, 11) is 0.